The van der Waals surface area contributed by atoms with Crippen LogP contribution in [0.3, 0.4) is 0 Å². The number of nitrogens with zero attached hydrogens (tertiary/aromatic N) is 1. The first kappa shape index (κ1) is 22.2. The lowest BCUT2D eigenvalue weighted by molar-refractivity contribution is 0.0734. The maximum Gasteiger partial charge on any atom is 0.343 e. The van der Waals surface area contributed by atoms with Crippen molar-refractivity contribution in [3.8, 4) is 11.5 Å². The molecule has 1 amide bonds. The summed E-state index contributed by atoms with van der Waals surface area (Å²) in [6.45, 7) is 2.67. The molecule has 0 atom stereocenters. The highest BCUT2D eigenvalue weighted by Gasteiger charge is 2.08. The van der Waals surface area contributed by atoms with Gasteiger partial charge < -0.3 is 9.47 Å². The number of hydrazone groups is 1. The van der Waals surface area contributed by atoms with Gasteiger partial charge in [-0.15, -0.1) is 0 Å². The van der Waals surface area contributed by atoms with Crippen LogP contribution in [0.25, 0.3) is 0 Å². The quantitative estimate of drug-likeness (QED) is 0.207. The summed E-state index contributed by atoms with van der Waals surface area (Å²) in [5, 5.41) is 3.97. The molecule has 0 heterocycles. The molecule has 0 aliphatic carbocycles. The van der Waals surface area contributed by atoms with Crippen molar-refractivity contribution in [2.45, 2.75) is 13.3 Å². The third-order valence-electron chi connectivity index (χ3n) is 4.14. The van der Waals surface area contributed by atoms with Crippen LogP contribution in [0.2, 0.25) is 0 Å². The molecule has 158 valence electrons. The van der Waals surface area contributed by atoms with E-state index in [-0.39, 0.29) is 5.91 Å². The number of amides is 1. The molecule has 6 nitrogen and oxygen atoms in total. The van der Waals surface area contributed by atoms with Crippen molar-refractivity contribution < 1.29 is 19.1 Å². The molecule has 0 unspecified atom stereocenters. The van der Waals surface area contributed by atoms with Gasteiger partial charge in [0.05, 0.1) is 18.4 Å². The zero-order valence-corrected chi connectivity index (χ0v) is 18.5. The van der Waals surface area contributed by atoms with Crippen LogP contribution in [0.4, 0.5) is 0 Å². The van der Waals surface area contributed by atoms with E-state index in [1.54, 1.807) is 72.8 Å². The standard InChI is InChI=1S/C24H21BrN2O4/c1-2-15-30-21-13-7-18(8-14-21)23(28)27-26-16-17-3-11-22(12-4-17)31-24(29)19-5-9-20(25)10-6-19/h3-14,16H,2,15H2,1H3,(H,27,28)/b26-16+. The van der Waals surface area contributed by atoms with E-state index in [0.717, 1.165) is 22.2 Å². The Morgan fingerprint density at radius 1 is 0.903 bits per heavy atom. The van der Waals surface area contributed by atoms with E-state index in [2.05, 4.69) is 26.5 Å². The molecule has 0 fully saturated rings. The SMILES string of the molecule is CCCOc1ccc(C(=O)N/N=C/c2ccc(OC(=O)c3ccc(Br)cc3)cc2)cc1. The summed E-state index contributed by atoms with van der Waals surface area (Å²) in [6, 6.07) is 20.6. The number of esters is 1. The molecular formula is C24H21BrN2O4. The minimum Gasteiger partial charge on any atom is -0.494 e. The highest BCUT2D eigenvalue weighted by molar-refractivity contribution is 9.10. The third-order valence-corrected chi connectivity index (χ3v) is 4.67. The normalized spacial score (nSPS) is 10.6. The Morgan fingerprint density at radius 3 is 2.16 bits per heavy atom. The van der Waals surface area contributed by atoms with Gasteiger partial charge in [0, 0.05) is 10.0 Å². The summed E-state index contributed by atoms with van der Waals surface area (Å²) >= 11 is 3.33. The van der Waals surface area contributed by atoms with Gasteiger partial charge in [0.15, 0.2) is 0 Å². The number of carbonyl (C=O) groups is 2. The zero-order valence-electron chi connectivity index (χ0n) is 16.9. The second-order valence-electron chi connectivity index (χ2n) is 6.54. The smallest absolute Gasteiger partial charge is 0.343 e. The van der Waals surface area contributed by atoms with Gasteiger partial charge in [-0.1, -0.05) is 22.9 Å². The van der Waals surface area contributed by atoms with Crippen LogP contribution in [0, 0.1) is 0 Å². The van der Waals surface area contributed by atoms with E-state index in [4.69, 9.17) is 9.47 Å². The Morgan fingerprint density at radius 2 is 1.52 bits per heavy atom. The van der Waals surface area contributed by atoms with Crippen LogP contribution >= 0.6 is 15.9 Å². The minimum atomic E-state index is -0.438. The van der Waals surface area contributed by atoms with Crippen molar-refractivity contribution in [2.75, 3.05) is 6.61 Å². The fourth-order valence-corrected chi connectivity index (χ4v) is 2.79. The molecule has 0 saturated heterocycles. The van der Waals surface area contributed by atoms with Crippen LogP contribution in [0.5, 0.6) is 11.5 Å². The Bertz CT molecular complexity index is 1050. The molecule has 3 aromatic rings. The molecule has 3 aromatic carbocycles. The number of carbonyl (C=O) groups excluding carboxylic acids is 2. The van der Waals surface area contributed by atoms with Gasteiger partial charge in [0.1, 0.15) is 11.5 Å². The molecule has 1 N–H and O–H groups in total. The first-order valence-corrected chi connectivity index (χ1v) is 10.5. The molecule has 0 aliphatic rings. The van der Waals surface area contributed by atoms with Crippen molar-refractivity contribution in [2.24, 2.45) is 5.10 Å². The van der Waals surface area contributed by atoms with Crippen molar-refractivity contribution >= 4 is 34.0 Å². The average Bonchev–Trinajstić information content (AvgIpc) is 2.79. The summed E-state index contributed by atoms with van der Waals surface area (Å²) in [4.78, 5) is 24.3. The van der Waals surface area contributed by atoms with Crippen LogP contribution in [0.1, 0.15) is 39.6 Å². The summed E-state index contributed by atoms with van der Waals surface area (Å²) < 4.78 is 11.7. The van der Waals surface area contributed by atoms with Crippen molar-refractivity contribution in [1.82, 2.24) is 5.43 Å². The lowest BCUT2D eigenvalue weighted by Gasteiger charge is -2.05. The van der Waals surface area contributed by atoms with E-state index in [1.165, 1.54) is 6.21 Å². The Labute approximate surface area is 189 Å². The second-order valence-corrected chi connectivity index (χ2v) is 7.45. The van der Waals surface area contributed by atoms with Crippen LogP contribution in [-0.2, 0) is 0 Å². The van der Waals surface area contributed by atoms with Gasteiger partial charge in [-0.3, -0.25) is 4.79 Å². The first-order valence-electron chi connectivity index (χ1n) is 9.69. The van der Waals surface area contributed by atoms with E-state index >= 15 is 0 Å². The summed E-state index contributed by atoms with van der Waals surface area (Å²) in [5.41, 5.74) is 4.17. The average molecular weight is 481 g/mol. The molecule has 0 saturated carbocycles. The van der Waals surface area contributed by atoms with E-state index in [1.807, 2.05) is 6.92 Å². The maximum atomic E-state index is 12.2. The molecule has 3 rings (SSSR count). The molecule has 0 radical (unpaired) electrons. The Balaban J connectivity index is 1.51. The van der Waals surface area contributed by atoms with Crippen LogP contribution in [0.15, 0.2) is 82.4 Å². The highest BCUT2D eigenvalue weighted by Crippen LogP contribution is 2.16. The van der Waals surface area contributed by atoms with Gasteiger partial charge in [0.2, 0.25) is 0 Å². The highest BCUT2D eigenvalue weighted by atomic mass is 79.9. The Hall–Kier alpha value is -3.45. The predicted octanol–water partition coefficient (Wildman–Crippen LogP) is 5.22. The minimum absolute atomic E-state index is 0.321. The molecular weight excluding hydrogens is 460 g/mol. The lowest BCUT2D eigenvalue weighted by Crippen LogP contribution is -2.17. The summed E-state index contributed by atoms with van der Waals surface area (Å²) in [5.74, 6) is 0.382. The number of nitrogens with one attached hydrogen (secondary N) is 1. The number of hydrogen-bond donors (Lipinski definition) is 1. The number of ether oxygens (including phenoxy) is 2. The number of hydrogen-bond acceptors (Lipinski definition) is 5. The zero-order chi connectivity index (χ0) is 22.1. The lowest BCUT2D eigenvalue weighted by atomic mass is 10.2. The van der Waals surface area contributed by atoms with Gasteiger partial charge in [-0.05, 0) is 84.8 Å². The van der Waals surface area contributed by atoms with Gasteiger partial charge in [-0.2, -0.15) is 5.10 Å². The molecule has 0 aromatic heterocycles. The second kappa shape index (κ2) is 11.1. The number of halogens is 1. The fourth-order valence-electron chi connectivity index (χ4n) is 2.53. The van der Waals surface area contributed by atoms with E-state index in [0.29, 0.717) is 23.5 Å². The topological polar surface area (TPSA) is 77.0 Å². The largest absolute Gasteiger partial charge is 0.494 e. The number of rotatable bonds is 8. The summed E-state index contributed by atoms with van der Waals surface area (Å²) in [7, 11) is 0. The Kier molecular flexibility index (Phi) is 7.95. The first-order chi connectivity index (χ1) is 15.0. The van der Waals surface area contributed by atoms with Crippen molar-refractivity contribution in [1.29, 1.82) is 0 Å². The molecule has 0 bridgehead atoms. The van der Waals surface area contributed by atoms with Crippen LogP contribution < -0.4 is 14.9 Å². The van der Waals surface area contributed by atoms with E-state index < -0.39 is 5.97 Å². The molecule has 31 heavy (non-hydrogen) atoms. The van der Waals surface area contributed by atoms with Gasteiger partial charge >= 0.3 is 5.97 Å². The number of benzene rings is 3. The maximum absolute atomic E-state index is 12.2. The van der Waals surface area contributed by atoms with Gasteiger partial charge in [-0.25, -0.2) is 10.2 Å². The monoisotopic (exact) mass is 480 g/mol. The molecule has 0 aliphatic heterocycles. The third kappa shape index (κ3) is 6.79. The van der Waals surface area contributed by atoms with Crippen molar-refractivity contribution in [3.05, 3.63) is 94.0 Å². The van der Waals surface area contributed by atoms with Crippen LogP contribution in [-0.4, -0.2) is 24.7 Å². The molecule has 0 spiro atoms. The van der Waals surface area contributed by atoms with Gasteiger partial charge in [0.25, 0.3) is 5.91 Å². The van der Waals surface area contributed by atoms with Crippen molar-refractivity contribution in [3.63, 3.8) is 0 Å². The van der Waals surface area contributed by atoms with E-state index in [9.17, 15) is 9.59 Å². The fraction of sp³-hybridized carbons (Fsp3) is 0.125. The summed E-state index contributed by atoms with van der Waals surface area (Å²) in [6.07, 6.45) is 2.43. The predicted molar refractivity (Wildman–Crippen MR) is 123 cm³/mol. The molecule has 7 heteroatoms.